The molecule has 0 N–H and O–H groups in total. The molecule has 0 radical (unpaired) electrons. The van der Waals surface area contributed by atoms with E-state index < -0.39 is 0 Å². The highest BCUT2D eigenvalue weighted by Crippen LogP contribution is 2.36. The van der Waals surface area contributed by atoms with Crippen LogP contribution in [0.15, 0.2) is 42.5 Å². The Morgan fingerprint density at radius 1 is 1.15 bits per heavy atom. The fourth-order valence-electron chi connectivity index (χ4n) is 3.55. The summed E-state index contributed by atoms with van der Waals surface area (Å²) in [5, 5.41) is 0.484. The molecule has 2 aromatic rings. The minimum Gasteiger partial charge on any atom is -0.496 e. The zero-order chi connectivity index (χ0) is 18.5. The van der Waals surface area contributed by atoms with E-state index in [-0.39, 0.29) is 5.91 Å². The quantitative estimate of drug-likeness (QED) is 0.791. The normalized spacial score (nSPS) is 17.7. The first kappa shape index (κ1) is 18.8. The Morgan fingerprint density at radius 3 is 2.69 bits per heavy atom. The largest absolute Gasteiger partial charge is 0.496 e. The van der Waals surface area contributed by atoms with Crippen LogP contribution in [0.4, 0.5) is 0 Å². The first-order valence-electron chi connectivity index (χ1n) is 9.17. The molecule has 1 saturated heterocycles. The molecule has 2 aromatic carbocycles. The average molecular weight is 370 g/mol. The maximum Gasteiger partial charge on any atom is 0.227 e. The first-order valence-corrected chi connectivity index (χ1v) is 10.2. The molecule has 1 amide bonds. The summed E-state index contributed by atoms with van der Waals surface area (Å²) in [5.74, 6) is 2.08. The van der Waals surface area contributed by atoms with Crippen LogP contribution in [0, 0.1) is 13.8 Å². The Balaban J connectivity index is 1.62. The van der Waals surface area contributed by atoms with E-state index in [2.05, 4.69) is 37.3 Å². The number of amides is 1. The minimum atomic E-state index is 0.223. The minimum absolute atomic E-state index is 0.223. The monoisotopic (exact) mass is 369 g/mol. The number of carbonyl (C=O) groups excluding carboxylic acids is 1. The third-order valence-corrected chi connectivity index (χ3v) is 6.35. The second-order valence-corrected chi connectivity index (χ2v) is 8.18. The summed E-state index contributed by atoms with van der Waals surface area (Å²) in [6.07, 6.45) is 1.48. The molecule has 1 atom stereocenters. The topological polar surface area (TPSA) is 29.5 Å². The lowest BCUT2D eigenvalue weighted by molar-refractivity contribution is -0.130. The van der Waals surface area contributed by atoms with Crippen molar-refractivity contribution in [3.05, 3.63) is 64.7 Å². The van der Waals surface area contributed by atoms with Crippen molar-refractivity contribution in [2.75, 3.05) is 26.0 Å². The van der Waals surface area contributed by atoms with Gasteiger partial charge in [0.25, 0.3) is 0 Å². The van der Waals surface area contributed by atoms with E-state index in [1.165, 1.54) is 11.1 Å². The van der Waals surface area contributed by atoms with Gasteiger partial charge in [-0.3, -0.25) is 4.79 Å². The molecular weight excluding hydrogens is 342 g/mol. The Labute approximate surface area is 160 Å². The van der Waals surface area contributed by atoms with Crippen LogP contribution in [0.3, 0.4) is 0 Å². The van der Waals surface area contributed by atoms with Crippen LogP contribution in [0.5, 0.6) is 5.75 Å². The molecule has 0 aliphatic carbocycles. The molecule has 0 bridgehead atoms. The van der Waals surface area contributed by atoms with Crippen molar-refractivity contribution in [1.29, 1.82) is 0 Å². The van der Waals surface area contributed by atoms with E-state index >= 15 is 0 Å². The van der Waals surface area contributed by atoms with Gasteiger partial charge in [-0.15, -0.1) is 0 Å². The van der Waals surface area contributed by atoms with E-state index in [9.17, 15) is 4.79 Å². The summed E-state index contributed by atoms with van der Waals surface area (Å²) in [6, 6.07) is 14.6. The molecule has 1 aliphatic rings. The van der Waals surface area contributed by atoms with Crippen LogP contribution >= 0.6 is 11.8 Å². The molecule has 26 heavy (non-hydrogen) atoms. The van der Waals surface area contributed by atoms with Crippen molar-refractivity contribution in [2.45, 2.75) is 31.9 Å². The molecular formula is C22H27NO2S. The number of aryl methyl sites for hydroxylation is 2. The van der Waals surface area contributed by atoms with E-state index in [1.54, 1.807) is 7.11 Å². The van der Waals surface area contributed by atoms with E-state index in [4.69, 9.17) is 4.74 Å². The lowest BCUT2D eigenvalue weighted by Gasteiger charge is -2.21. The molecule has 0 spiro atoms. The van der Waals surface area contributed by atoms with Gasteiger partial charge in [-0.05, 0) is 48.6 Å². The van der Waals surface area contributed by atoms with Gasteiger partial charge in [0.05, 0.1) is 13.5 Å². The zero-order valence-electron chi connectivity index (χ0n) is 15.8. The fourth-order valence-corrected chi connectivity index (χ4v) is 4.88. The maximum atomic E-state index is 12.8. The number of hydrogen-bond donors (Lipinski definition) is 0. The third kappa shape index (κ3) is 4.42. The van der Waals surface area contributed by atoms with Gasteiger partial charge in [-0.25, -0.2) is 0 Å². The Morgan fingerprint density at radius 2 is 1.96 bits per heavy atom. The maximum absolute atomic E-state index is 12.8. The van der Waals surface area contributed by atoms with Gasteiger partial charge in [0.15, 0.2) is 0 Å². The number of thioether (sulfide) groups is 1. The summed E-state index contributed by atoms with van der Waals surface area (Å²) in [4.78, 5) is 14.8. The van der Waals surface area contributed by atoms with Crippen LogP contribution < -0.4 is 4.74 Å². The van der Waals surface area contributed by atoms with Crippen LogP contribution in [0.2, 0.25) is 0 Å². The third-order valence-electron chi connectivity index (χ3n) is 5.04. The van der Waals surface area contributed by atoms with Gasteiger partial charge < -0.3 is 9.64 Å². The molecule has 0 saturated carbocycles. The standard InChI is InChI=1S/C22H27NO2S/c1-16-6-4-5-7-19(16)21-10-11-23(12-13-26-21)22(24)15-18-8-9-20(25-3)17(2)14-18/h4-9,14,21H,10-13,15H2,1-3H3. The smallest absolute Gasteiger partial charge is 0.227 e. The van der Waals surface area contributed by atoms with Gasteiger partial charge >= 0.3 is 0 Å². The molecule has 1 heterocycles. The van der Waals surface area contributed by atoms with Crippen LogP contribution in [0.1, 0.15) is 33.9 Å². The van der Waals surface area contributed by atoms with Crippen molar-refractivity contribution < 1.29 is 9.53 Å². The van der Waals surface area contributed by atoms with Crippen molar-refractivity contribution in [3.63, 3.8) is 0 Å². The number of benzene rings is 2. The number of nitrogens with zero attached hydrogens (tertiary/aromatic N) is 1. The lowest BCUT2D eigenvalue weighted by atomic mass is 10.0. The highest BCUT2D eigenvalue weighted by atomic mass is 32.2. The van der Waals surface area contributed by atoms with Gasteiger partial charge in [0, 0.05) is 24.1 Å². The van der Waals surface area contributed by atoms with Crippen molar-refractivity contribution >= 4 is 17.7 Å². The molecule has 0 aromatic heterocycles. The summed E-state index contributed by atoms with van der Waals surface area (Å²) < 4.78 is 5.30. The molecule has 3 nitrogen and oxygen atoms in total. The van der Waals surface area contributed by atoms with Crippen molar-refractivity contribution in [2.24, 2.45) is 0 Å². The predicted octanol–water partition coefficient (Wildman–Crippen LogP) is 4.56. The van der Waals surface area contributed by atoms with Crippen LogP contribution in [0.25, 0.3) is 0 Å². The van der Waals surface area contributed by atoms with Gasteiger partial charge in [-0.1, -0.05) is 36.4 Å². The Kier molecular flexibility index (Phi) is 6.25. The highest BCUT2D eigenvalue weighted by molar-refractivity contribution is 7.99. The Bertz CT molecular complexity index is 774. The summed E-state index contributed by atoms with van der Waals surface area (Å²) in [6.45, 7) is 5.86. The number of rotatable bonds is 4. The van der Waals surface area contributed by atoms with Gasteiger partial charge in [0.1, 0.15) is 5.75 Å². The van der Waals surface area contributed by atoms with Crippen molar-refractivity contribution in [3.8, 4) is 5.75 Å². The lowest BCUT2D eigenvalue weighted by Crippen LogP contribution is -2.34. The molecule has 1 fully saturated rings. The van der Waals surface area contributed by atoms with Gasteiger partial charge in [0.2, 0.25) is 5.91 Å². The molecule has 4 heteroatoms. The first-order chi connectivity index (χ1) is 12.6. The summed E-state index contributed by atoms with van der Waals surface area (Å²) in [7, 11) is 1.67. The summed E-state index contributed by atoms with van der Waals surface area (Å²) in [5.41, 5.74) is 4.89. The molecule has 1 aliphatic heterocycles. The number of hydrogen-bond acceptors (Lipinski definition) is 3. The van der Waals surface area contributed by atoms with E-state index in [1.807, 2.05) is 35.7 Å². The van der Waals surface area contributed by atoms with Gasteiger partial charge in [-0.2, -0.15) is 11.8 Å². The molecule has 3 rings (SSSR count). The molecule has 138 valence electrons. The zero-order valence-corrected chi connectivity index (χ0v) is 16.6. The van der Waals surface area contributed by atoms with Crippen LogP contribution in [-0.2, 0) is 11.2 Å². The van der Waals surface area contributed by atoms with E-state index in [0.29, 0.717) is 11.7 Å². The predicted molar refractivity (Wildman–Crippen MR) is 109 cm³/mol. The summed E-state index contributed by atoms with van der Waals surface area (Å²) >= 11 is 1.98. The molecule has 1 unspecified atom stereocenters. The highest BCUT2D eigenvalue weighted by Gasteiger charge is 2.23. The average Bonchev–Trinajstić information content (AvgIpc) is 2.88. The second kappa shape index (κ2) is 8.63. The van der Waals surface area contributed by atoms with Crippen molar-refractivity contribution in [1.82, 2.24) is 4.90 Å². The van der Waals surface area contributed by atoms with Crippen LogP contribution in [-0.4, -0.2) is 36.8 Å². The van der Waals surface area contributed by atoms with E-state index in [0.717, 1.165) is 42.1 Å². The SMILES string of the molecule is COc1ccc(CC(=O)N2CCSC(c3ccccc3C)CC2)cc1C. The number of ether oxygens (including phenoxy) is 1. The second-order valence-electron chi connectivity index (χ2n) is 6.87. The fraction of sp³-hybridized carbons (Fsp3) is 0.409. The number of carbonyl (C=O) groups is 1. The Hall–Kier alpha value is -1.94. The number of methoxy groups -OCH3 is 1.